The summed E-state index contributed by atoms with van der Waals surface area (Å²) in [6.07, 6.45) is 19.2. The van der Waals surface area contributed by atoms with Crippen LogP contribution in [0.4, 0.5) is 0 Å². The van der Waals surface area contributed by atoms with E-state index in [1.165, 1.54) is 74.7 Å². The predicted molar refractivity (Wildman–Crippen MR) is 150 cm³/mol. The van der Waals surface area contributed by atoms with Gasteiger partial charge in [0.15, 0.2) is 0 Å². The molecule has 1 aromatic heterocycles. The second-order valence-corrected chi connectivity index (χ2v) is 11.0. The van der Waals surface area contributed by atoms with E-state index in [0.717, 1.165) is 19.4 Å². The Morgan fingerprint density at radius 2 is 1.34 bits per heavy atom. The second-order valence-electron chi connectivity index (χ2n) is 11.0. The molecule has 2 aromatic carbocycles. The van der Waals surface area contributed by atoms with Gasteiger partial charge in [0.25, 0.3) is 5.82 Å². The van der Waals surface area contributed by atoms with E-state index in [1.807, 2.05) is 0 Å². The number of unbranched alkanes of at least 4 members (excludes halogenated alkanes) is 8. The van der Waals surface area contributed by atoms with Gasteiger partial charge in [-0.25, -0.2) is 9.13 Å². The maximum absolute atomic E-state index is 2.56. The fraction of sp³-hybridized carbons (Fsp3) is 0.545. The number of rotatable bonds is 16. The molecule has 0 aliphatic heterocycles. The molecule has 0 saturated carbocycles. The van der Waals surface area contributed by atoms with Gasteiger partial charge in [0.1, 0.15) is 12.4 Å². The lowest BCUT2D eigenvalue weighted by Gasteiger charge is -2.29. The van der Waals surface area contributed by atoms with Crippen LogP contribution in [-0.2, 0) is 24.8 Å². The van der Waals surface area contributed by atoms with Crippen LogP contribution < -0.4 is 4.57 Å². The van der Waals surface area contributed by atoms with E-state index < -0.39 is 0 Å². The topological polar surface area (TPSA) is 8.81 Å². The van der Waals surface area contributed by atoms with Gasteiger partial charge in [-0.05, 0) is 37.8 Å². The number of nitrogens with zero attached hydrogens (tertiary/aromatic N) is 2. The van der Waals surface area contributed by atoms with E-state index in [0.29, 0.717) is 6.04 Å². The fourth-order valence-electron chi connectivity index (χ4n) is 5.47. The highest BCUT2D eigenvalue weighted by molar-refractivity contribution is 5.28. The van der Waals surface area contributed by atoms with Crippen LogP contribution in [0, 0.1) is 0 Å². The van der Waals surface area contributed by atoms with Gasteiger partial charge >= 0.3 is 0 Å². The lowest BCUT2D eigenvalue weighted by atomic mass is 9.77. The molecule has 1 unspecified atom stereocenters. The molecule has 3 aromatic rings. The molecular formula is C33H49N2+. The SMILES string of the molecule is CCCCCCCCCCCc1n(C(C)C)cc[n+]1CC(C)(Cc1ccccc1)c1ccccc1. The molecule has 0 saturated heterocycles. The van der Waals surface area contributed by atoms with Gasteiger partial charge in [0, 0.05) is 11.8 Å². The Morgan fingerprint density at radius 1 is 0.771 bits per heavy atom. The Morgan fingerprint density at radius 3 is 1.94 bits per heavy atom. The molecule has 0 N–H and O–H groups in total. The van der Waals surface area contributed by atoms with Crippen molar-refractivity contribution in [3.63, 3.8) is 0 Å². The van der Waals surface area contributed by atoms with Crippen LogP contribution in [0.15, 0.2) is 73.1 Å². The van der Waals surface area contributed by atoms with Crippen molar-refractivity contribution in [1.29, 1.82) is 0 Å². The highest BCUT2D eigenvalue weighted by atomic mass is 15.2. The smallest absolute Gasteiger partial charge is 0.233 e. The Balaban J connectivity index is 1.70. The molecule has 0 bridgehead atoms. The molecule has 1 heterocycles. The standard InChI is InChI=1S/C33H49N2/c1-5-6-7-8-9-10-11-12-19-24-32-34(25-26-35(32)29(2)3)28-33(4,31-22-17-14-18-23-31)27-30-20-15-13-16-21-30/h13-18,20-23,25-26,29H,5-12,19,24,27-28H2,1-4H3/q+1. The Kier molecular flexibility index (Phi) is 11.1. The Labute approximate surface area is 215 Å². The van der Waals surface area contributed by atoms with Crippen LogP contribution in [0.5, 0.6) is 0 Å². The molecule has 0 spiro atoms. The number of hydrogen-bond acceptors (Lipinski definition) is 0. The highest BCUT2D eigenvalue weighted by Crippen LogP contribution is 2.29. The van der Waals surface area contributed by atoms with E-state index in [4.69, 9.17) is 0 Å². The maximum Gasteiger partial charge on any atom is 0.256 e. The lowest BCUT2D eigenvalue weighted by molar-refractivity contribution is -0.711. The summed E-state index contributed by atoms with van der Waals surface area (Å²) >= 11 is 0. The summed E-state index contributed by atoms with van der Waals surface area (Å²) in [6.45, 7) is 10.4. The molecule has 0 aliphatic carbocycles. The number of hydrogen-bond donors (Lipinski definition) is 0. The van der Waals surface area contributed by atoms with Gasteiger partial charge in [0.05, 0.1) is 12.6 Å². The van der Waals surface area contributed by atoms with Crippen molar-refractivity contribution in [3.05, 3.63) is 90.0 Å². The van der Waals surface area contributed by atoms with Crippen molar-refractivity contribution in [2.75, 3.05) is 0 Å². The zero-order valence-electron chi connectivity index (χ0n) is 22.9. The van der Waals surface area contributed by atoms with Gasteiger partial charge in [-0.15, -0.1) is 0 Å². The van der Waals surface area contributed by atoms with Crippen LogP contribution in [0.2, 0.25) is 0 Å². The molecule has 0 radical (unpaired) electrons. The summed E-state index contributed by atoms with van der Waals surface area (Å²) in [7, 11) is 0. The first-order valence-electron chi connectivity index (χ1n) is 14.2. The first kappa shape index (κ1) is 27.2. The van der Waals surface area contributed by atoms with E-state index in [9.17, 15) is 0 Å². The fourth-order valence-corrected chi connectivity index (χ4v) is 5.47. The summed E-state index contributed by atoms with van der Waals surface area (Å²) in [5, 5.41) is 0. The first-order valence-corrected chi connectivity index (χ1v) is 14.2. The normalized spacial score (nSPS) is 13.3. The predicted octanol–water partition coefficient (Wildman–Crippen LogP) is 8.63. The molecule has 190 valence electrons. The quantitative estimate of drug-likeness (QED) is 0.145. The van der Waals surface area contributed by atoms with Crippen LogP contribution in [0.25, 0.3) is 0 Å². The largest absolute Gasteiger partial charge is 0.256 e. The summed E-state index contributed by atoms with van der Waals surface area (Å²) in [4.78, 5) is 0. The monoisotopic (exact) mass is 473 g/mol. The van der Waals surface area contributed by atoms with E-state index in [2.05, 4.69) is 110 Å². The molecule has 0 aliphatic rings. The molecule has 3 rings (SSSR count). The van der Waals surface area contributed by atoms with Gasteiger partial charge in [-0.3, -0.25) is 0 Å². The van der Waals surface area contributed by atoms with Gasteiger partial charge in [0.2, 0.25) is 0 Å². The van der Waals surface area contributed by atoms with E-state index in [-0.39, 0.29) is 5.41 Å². The van der Waals surface area contributed by atoms with Crippen molar-refractivity contribution in [2.24, 2.45) is 0 Å². The number of benzene rings is 2. The van der Waals surface area contributed by atoms with Crippen molar-refractivity contribution < 1.29 is 4.57 Å². The van der Waals surface area contributed by atoms with Crippen molar-refractivity contribution in [1.82, 2.24) is 4.57 Å². The third-order valence-corrected chi connectivity index (χ3v) is 7.52. The van der Waals surface area contributed by atoms with Crippen LogP contribution >= 0.6 is 0 Å². The Hall–Kier alpha value is -2.35. The van der Waals surface area contributed by atoms with Crippen LogP contribution in [-0.4, -0.2) is 4.57 Å². The summed E-state index contributed by atoms with van der Waals surface area (Å²) in [5.74, 6) is 1.48. The van der Waals surface area contributed by atoms with Crippen LogP contribution in [0.1, 0.15) is 108 Å². The Bertz CT molecular complexity index is 957. The summed E-state index contributed by atoms with van der Waals surface area (Å²) < 4.78 is 5.05. The van der Waals surface area contributed by atoms with E-state index >= 15 is 0 Å². The molecule has 35 heavy (non-hydrogen) atoms. The van der Waals surface area contributed by atoms with Crippen LogP contribution in [0.3, 0.4) is 0 Å². The zero-order valence-corrected chi connectivity index (χ0v) is 22.9. The maximum atomic E-state index is 2.56. The molecule has 2 nitrogen and oxygen atoms in total. The summed E-state index contributed by atoms with van der Waals surface area (Å²) in [6, 6.07) is 22.6. The number of aromatic nitrogens is 2. The molecular weight excluding hydrogens is 424 g/mol. The molecule has 2 heteroatoms. The summed E-state index contributed by atoms with van der Waals surface area (Å²) in [5.41, 5.74) is 2.86. The van der Waals surface area contributed by atoms with Crippen molar-refractivity contribution in [2.45, 2.75) is 116 Å². The van der Waals surface area contributed by atoms with Crippen molar-refractivity contribution in [3.8, 4) is 0 Å². The average Bonchev–Trinajstić information content (AvgIpc) is 3.26. The van der Waals surface area contributed by atoms with E-state index in [1.54, 1.807) is 0 Å². The lowest BCUT2D eigenvalue weighted by Crippen LogP contribution is -2.47. The van der Waals surface area contributed by atoms with Gasteiger partial charge in [-0.1, -0.05) is 126 Å². The van der Waals surface area contributed by atoms with Gasteiger partial charge < -0.3 is 0 Å². The second kappa shape index (κ2) is 14.3. The molecule has 0 amide bonds. The highest BCUT2D eigenvalue weighted by Gasteiger charge is 2.32. The van der Waals surface area contributed by atoms with Crippen molar-refractivity contribution >= 4 is 0 Å². The van der Waals surface area contributed by atoms with Gasteiger partial charge in [-0.2, -0.15) is 0 Å². The minimum atomic E-state index is 0.0314. The third-order valence-electron chi connectivity index (χ3n) is 7.52. The minimum Gasteiger partial charge on any atom is -0.233 e. The molecule has 0 fully saturated rings. The minimum absolute atomic E-state index is 0.0314. The average molecular weight is 474 g/mol. The molecule has 1 atom stereocenters. The number of imidazole rings is 1. The zero-order chi connectivity index (χ0) is 24.9. The first-order chi connectivity index (χ1) is 17.0. The third kappa shape index (κ3) is 8.37.